The molecule has 4 aliphatic rings. The molecule has 272 valence electrons. The molecule has 13 nitrogen and oxygen atoms in total. The van der Waals surface area contributed by atoms with Crippen LogP contribution in [0.4, 0.5) is 4.79 Å². The molecule has 4 rings (SSSR count). The van der Waals surface area contributed by atoms with Crippen molar-refractivity contribution in [1.82, 2.24) is 30.5 Å². The highest BCUT2D eigenvalue weighted by Gasteiger charge is 2.50. The molecular weight excluding hydrogens is 636 g/mol. The maximum Gasteiger partial charge on any atom is 0.315 e. The van der Waals surface area contributed by atoms with E-state index in [1.54, 1.807) is 14.0 Å². The number of unbranched alkanes of at least 4 members (excludes halogenated alkanes) is 1. The first kappa shape index (κ1) is 38.1. The number of carbonyl (C=O) groups excluding carboxylic acids is 5. The van der Waals surface area contributed by atoms with Crippen LogP contribution in [-0.2, 0) is 29.2 Å². The average Bonchev–Trinajstić information content (AvgIpc) is 3.98. The summed E-state index contributed by atoms with van der Waals surface area (Å²) >= 11 is 0. The lowest BCUT2D eigenvalue weighted by molar-refractivity contribution is -0.143. The number of likely N-dealkylation sites (tertiary alicyclic amines) is 1. The monoisotopic (exact) mass is 694 g/mol. The van der Waals surface area contributed by atoms with Gasteiger partial charge in [0, 0.05) is 25.7 Å². The summed E-state index contributed by atoms with van der Waals surface area (Å²) in [5.41, 5.74) is -1.74. The number of rotatable bonds is 15. The van der Waals surface area contributed by atoms with Crippen LogP contribution >= 0.6 is 0 Å². The van der Waals surface area contributed by atoms with Crippen molar-refractivity contribution in [3.05, 3.63) is 0 Å². The summed E-state index contributed by atoms with van der Waals surface area (Å²) in [5, 5.41) is 10.5. The van der Waals surface area contributed by atoms with Crippen LogP contribution in [0.5, 0.6) is 0 Å². The molecule has 1 saturated heterocycles. The third-order valence-corrected chi connectivity index (χ3v) is 13.1. The lowest BCUT2D eigenvalue weighted by Gasteiger charge is -2.44. The smallest absolute Gasteiger partial charge is 0.315 e. The van der Waals surface area contributed by atoms with E-state index in [1.807, 2.05) is 27.7 Å². The summed E-state index contributed by atoms with van der Waals surface area (Å²) < 4.78 is 28.7. The zero-order valence-corrected chi connectivity index (χ0v) is 30.5. The van der Waals surface area contributed by atoms with Gasteiger partial charge < -0.3 is 26.2 Å². The lowest BCUT2D eigenvalue weighted by atomic mass is 9.79. The SMILES string of the molecule is CCCC[C@H](NC(=O)[C@@H]1CCCN1C(=O)[C@@H](NC(=O)NC1([C@@H](C)S(=O)(=O)N(C)C2CC2)CCCCC1)C(C)(C)C)C(=O)C(=O)NC1CC1. The van der Waals surface area contributed by atoms with Crippen molar-refractivity contribution in [2.45, 2.75) is 166 Å². The second-order valence-corrected chi connectivity index (χ2v) is 17.9. The van der Waals surface area contributed by atoms with Crippen LogP contribution in [0.2, 0.25) is 0 Å². The first-order chi connectivity index (χ1) is 22.5. The van der Waals surface area contributed by atoms with E-state index in [0.29, 0.717) is 45.1 Å². The second kappa shape index (κ2) is 15.4. The number of nitrogens with one attached hydrogen (secondary N) is 4. The summed E-state index contributed by atoms with van der Waals surface area (Å²) in [6, 6.07) is -3.47. The highest BCUT2D eigenvalue weighted by molar-refractivity contribution is 7.89. The maximum atomic E-state index is 14.2. The van der Waals surface area contributed by atoms with E-state index < -0.39 is 73.9 Å². The fourth-order valence-electron chi connectivity index (χ4n) is 7.09. The van der Waals surface area contributed by atoms with Crippen molar-refractivity contribution < 1.29 is 32.4 Å². The Morgan fingerprint density at radius 1 is 0.938 bits per heavy atom. The molecule has 1 heterocycles. The number of urea groups is 1. The van der Waals surface area contributed by atoms with Crippen LogP contribution < -0.4 is 21.3 Å². The molecule has 3 saturated carbocycles. The van der Waals surface area contributed by atoms with Crippen molar-refractivity contribution in [2.24, 2.45) is 5.41 Å². The quantitative estimate of drug-likeness (QED) is 0.191. The molecule has 4 atom stereocenters. The van der Waals surface area contributed by atoms with Crippen LogP contribution in [0, 0.1) is 5.41 Å². The predicted molar refractivity (Wildman–Crippen MR) is 182 cm³/mol. The Bertz CT molecular complexity index is 1320. The highest BCUT2D eigenvalue weighted by atomic mass is 32.2. The zero-order chi connectivity index (χ0) is 35.4. The molecule has 14 heteroatoms. The number of sulfonamides is 1. The largest absolute Gasteiger partial charge is 0.347 e. The molecule has 0 aromatic rings. The molecule has 48 heavy (non-hydrogen) atoms. The first-order valence-corrected chi connectivity index (χ1v) is 19.5. The Morgan fingerprint density at radius 3 is 2.15 bits per heavy atom. The number of carbonyl (C=O) groups is 5. The van der Waals surface area contributed by atoms with Gasteiger partial charge in [-0.15, -0.1) is 0 Å². The van der Waals surface area contributed by atoms with Gasteiger partial charge >= 0.3 is 6.03 Å². The maximum absolute atomic E-state index is 14.2. The van der Waals surface area contributed by atoms with Gasteiger partial charge in [0.1, 0.15) is 12.1 Å². The van der Waals surface area contributed by atoms with Gasteiger partial charge in [-0.05, 0) is 70.1 Å². The summed E-state index contributed by atoms with van der Waals surface area (Å²) in [6.07, 6.45) is 9.57. The van der Waals surface area contributed by atoms with Crippen LogP contribution in [0.1, 0.15) is 125 Å². The zero-order valence-electron chi connectivity index (χ0n) is 29.7. The molecule has 3 aliphatic carbocycles. The van der Waals surface area contributed by atoms with E-state index in [4.69, 9.17) is 0 Å². The van der Waals surface area contributed by atoms with Crippen LogP contribution in [0.3, 0.4) is 0 Å². The standard InChI is InChI=1S/C34H58N6O7S/c1-7-8-13-25(27(41)30(43)35-23-15-16-23)36-29(42)26-14-12-21-40(26)31(44)28(33(3,4)5)37-32(45)38-34(19-10-9-11-20-34)22(2)48(46,47)39(6)24-17-18-24/h22-26,28H,7-21H2,1-6H3,(H,35,43)(H,36,42)(H2,37,38,45)/t22-,25+,26+,28-/m1/s1. The van der Waals surface area contributed by atoms with Crippen molar-refractivity contribution in [3.8, 4) is 0 Å². The number of hydrogen-bond acceptors (Lipinski definition) is 7. The topological polar surface area (TPSA) is 174 Å². The van der Waals surface area contributed by atoms with E-state index in [9.17, 15) is 32.4 Å². The van der Waals surface area contributed by atoms with Crippen molar-refractivity contribution in [1.29, 1.82) is 0 Å². The number of amides is 5. The summed E-state index contributed by atoms with van der Waals surface area (Å²) in [5.74, 6) is -2.29. The number of hydrogen-bond donors (Lipinski definition) is 4. The average molecular weight is 695 g/mol. The van der Waals surface area contributed by atoms with E-state index in [1.165, 1.54) is 9.21 Å². The molecule has 0 bridgehead atoms. The van der Waals surface area contributed by atoms with Gasteiger partial charge in [0.25, 0.3) is 5.91 Å². The summed E-state index contributed by atoms with van der Waals surface area (Å²) in [7, 11) is -2.08. The van der Waals surface area contributed by atoms with E-state index >= 15 is 0 Å². The van der Waals surface area contributed by atoms with Gasteiger partial charge in [-0.25, -0.2) is 17.5 Å². The molecule has 1 aliphatic heterocycles. The fourth-order valence-corrected chi connectivity index (χ4v) is 9.08. The fraction of sp³-hybridized carbons (Fsp3) is 0.853. The minimum absolute atomic E-state index is 0.000329. The van der Waals surface area contributed by atoms with Gasteiger partial charge in [-0.2, -0.15) is 0 Å². The minimum atomic E-state index is -3.69. The summed E-state index contributed by atoms with van der Waals surface area (Å²) in [4.78, 5) is 68.6. The van der Waals surface area contributed by atoms with Gasteiger partial charge in [-0.3, -0.25) is 19.2 Å². The van der Waals surface area contributed by atoms with Gasteiger partial charge in [0.05, 0.1) is 16.8 Å². The van der Waals surface area contributed by atoms with Crippen molar-refractivity contribution >= 4 is 39.6 Å². The molecule has 5 amide bonds. The molecule has 4 N–H and O–H groups in total. The molecular formula is C34H58N6O7S. The van der Waals surface area contributed by atoms with Crippen LogP contribution in [0.15, 0.2) is 0 Å². The Morgan fingerprint density at radius 2 is 1.58 bits per heavy atom. The van der Waals surface area contributed by atoms with E-state index in [-0.39, 0.29) is 12.1 Å². The lowest BCUT2D eigenvalue weighted by Crippen LogP contribution is -2.65. The minimum Gasteiger partial charge on any atom is -0.347 e. The van der Waals surface area contributed by atoms with Gasteiger partial charge in [0.2, 0.25) is 27.6 Å². The Balaban J connectivity index is 1.47. The molecule has 4 fully saturated rings. The third kappa shape index (κ3) is 9.08. The van der Waals surface area contributed by atoms with Crippen LogP contribution in [-0.4, -0.2) is 102 Å². The Labute approximate surface area is 286 Å². The van der Waals surface area contributed by atoms with Gasteiger partial charge in [0.15, 0.2) is 0 Å². The molecule has 0 unspecified atom stereocenters. The normalized spacial score (nSPS) is 23.1. The van der Waals surface area contributed by atoms with E-state index in [2.05, 4.69) is 21.3 Å². The van der Waals surface area contributed by atoms with Crippen molar-refractivity contribution in [2.75, 3.05) is 13.6 Å². The molecule has 0 aromatic heterocycles. The first-order valence-electron chi connectivity index (χ1n) is 18.0. The van der Waals surface area contributed by atoms with Crippen LogP contribution in [0.25, 0.3) is 0 Å². The predicted octanol–water partition coefficient (Wildman–Crippen LogP) is 2.73. The Kier molecular flexibility index (Phi) is 12.2. The molecule has 0 aromatic carbocycles. The Hall–Kier alpha value is -2.74. The summed E-state index contributed by atoms with van der Waals surface area (Å²) in [6.45, 7) is 9.42. The number of ketones is 1. The van der Waals surface area contributed by atoms with Gasteiger partial charge in [-0.1, -0.05) is 59.8 Å². The number of nitrogens with zero attached hydrogens (tertiary/aromatic N) is 2. The molecule has 0 spiro atoms. The highest BCUT2D eigenvalue weighted by Crippen LogP contribution is 2.38. The second-order valence-electron chi connectivity index (χ2n) is 15.6. The number of Topliss-reactive ketones (excluding diaryl/α,β-unsaturated/α-hetero) is 1. The van der Waals surface area contributed by atoms with Crippen molar-refractivity contribution in [3.63, 3.8) is 0 Å². The van der Waals surface area contributed by atoms with E-state index in [0.717, 1.165) is 51.4 Å². The molecule has 0 radical (unpaired) electrons. The third-order valence-electron chi connectivity index (χ3n) is 10.6.